The third-order valence-corrected chi connectivity index (χ3v) is 3.43. The van der Waals surface area contributed by atoms with Crippen LogP contribution in [0.5, 0.6) is 11.5 Å². The Labute approximate surface area is 137 Å². The number of hydrogen-bond acceptors (Lipinski definition) is 6. The summed E-state index contributed by atoms with van der Waals surface area (Å²) in [6.45, 7) is 0. The third-order valence-electron chi connectivity index (χ3n) is 3.43. The lowest BCUT2D eigenvalue weighted by Gasteiger charge is -2.14. The summed E-state index contributed by atoms with van der Waals surface area (Å²) < 4.78 is 24.7. The number of aromatic nitrogens is 2. The van der Waals surface area contributed by atoms with Crippen molar-refractivity contribution < 1.29 is 13.9 Å². The van der Waals surface area contributed by atoms with E-state index in [-0.39, 0.29) is 22.7 Å². The van der Waals surface area contributed by atoms with Gasteiger partial charge in [-0.1, -0.05) is 12.1 Å². The first-order chi connectivity index (χ1) is 11.7. The number of hydrogen-bond donors (Lipinski definition) is 1. The van der Waals surface area contributed by atoms with E-state index < -0.39 is 5.82 Å². The lowest BCUT2D eigenvalue weighted by Crippen LogP contribution is -2.03. The minimum atomic E-state index is -0.704. The fraction of sp³-hybridized carbons (Fsp3) is 0.118. The Bertz CT molecular complexity index is 953. The lowest BCUT2D eigenvalue weighted by atomic mass is 10.1. The highest BCUT2D eigenvalue weighted by atomic mass is 19.1. The summed E-state index contributed by atoms with van der Waals surface area (Å²) in [5.74, 6) is -0.327. The minimum Gasteiger partial charge on any atom is -0.495 e. The van der Waals surface area contributed by atoms with Crippen molar-refractivity contribution in [2.45, 2.75) is 0 Å². The highest BCUT2D eigenvalue weighted by Gasteiger charge is 2.20. The molecule has 0 aliphatic heterocycles. The van der Waals surface area contributed by atoms with Crippen LogP contribution in [0, 0.1) is 17.1 Å². The second kappa shape index (κ2) is 6.38. The summed E-state index contributed by atoms with van der Waals surface area (Å²) in [5.41, 5.74) is 1.48. The molecule has 1 N–H and O–H groups in total. The van der Waals surface area contributed by atoms with Crippen LogP contribution in [0.2, 0.25) is 0 Å². The molecule has 0 aliphatic carbocycles. The number of halogens is 1. The molecular formula is C17H13FN4O2. The molecule has 7 heteroatoms. The van der Waals surface area contributed by atoms with E-state index in [2.05, 4.69) is 15.3 Å². The Morgan fingerprint density at radius 3 is 2.58 bits per heavy atom. The Balaban J connectivity index is 2.07. The summed E-state index contributed by atoms with van der Waals surface area (Å²) in [6, 6.07) is 10.6. The van der Waals surface area contributed by atoms with Gasteiger partial charge in [0.15, 0.2) is 11.6 Å². The van der Waals surface area contributed by atoms with Crippen LogP contribution in [0.3, 0.4) is 0 Å². The van der Waals surface area contributed by atoms with E-state index in [1.165, 1.54) is 26.5 Å². The Morgan fingerprint density at radius 2 is 1.92 bits per heavy atom. The maximum Gasteiger partial charge on any atom is 0.190 e. The molecule has 0 fully saturated rings. The van der Waals surface area contributed by atoms with Gasteiger partial charge in [0.05, 0.1) is 37.1 Å². The first kappa shape index (κ1) is 15.5. The maximum absolute atomic E-state index is 14.6. The highest BCUT2D eigenvalue weighted by Crippen LogP contribution is 2.37. The standard InChI is InChI=1S/C17H13FN4O2/c1-23-14-7-13(16(18)17(24-2)10(14)8-19)22-15-9-20-11-5-3-4-6-12(11)21-15/h3-7,9H,1-2H3,(H,21,22). The van der Waals surface area contributed by atoms with E-state index in [1.807, 2.05) is 30.3 Å². The van der Waals surface area contributed by atoms with E-state index in [4.69, 9.17) is 14.7 Å². The number of methoxy groups -OCH3 is 2. The molecule has 3 rings (SSSR count). The summed E-state index contributed by atoms with van der Waals surface area (Å²) in [6.07, 6.45) is 1.50. The van der Waals surface area contributed by atoms with Crippen molar-refractivity contribution in [1.29, 1.82) is 5.26 Å². The molecule has 2 aromatic carbocycles. The Kier molecular flexibility index (Phi) is 4.12. The van der Waals surface area contributed by atoms with E-state index in [0.717, 1.165) is 5.52 Å². The zero-order valence-corrected chi connectivity index (χ0v) is 13.0. The van der Waals surface area contributed by atoms with Crippen LogP contribution in [0.4, 0.5) is 15.9 Å². The van der Waals surface area contributed by atoms with Gasteiger partial charge in [0.1, 0.15) is 23.2 Å². The van der Waals surface area contributed by atoms with Crippen LogP contribution in [0.15, 0.2) is 36.5 Å². The molecule has 0 saturated heterocycles. The fourth-order valence-electron chi connectivity index (χ4n) is 2.32. The van der Waals surface area contributed by atoms with Crippen LogP contribution in [-0.4, -0.2) is 24.2 Å². The number of ether oxygens (including phenoxy) is 2. The number of nitriles is 1. The molecule has 0 aliphatic rings. The second-order valence-electron chi connectivity index (χ2n) is 4.83. The van der Waals surface area contributed by atoms with Gasteiger partial charge in [-0.05, 0) is 12.1 Å². The number of fused-ring (bicyclic) bond motifs is 1. The monoisotopic (exact) mass is 324 g/mol. The van der Waals surface area contributed by atoms with Gasteiger partial charge >= 0.3 is 0 Å². The summed E-state index contributed by atoms with van der Waals surface area (Å²) in [4.78, 5) is 8.64. The molecular weight excluding hydrogens is 311 g/mol. The Morgan fingerprint density at radius 1 is 1.17 bits per heavy atom. The molecule has 0 bridgehead atoms. The van der Waals surface area contributed by atoms with Gasteiger partial charge in [-0.25, -0.2) is 9.37 Å². The van der Waals surface area contributed by atoms with E-state index in [9.17, 15) is 4.39 Å². The molecule has 0 radical (unpaired) electrons. The lowest BCUT2D eigenvalue weighted by molar-refractivity contribution is 0.373. The predicted molar refractivity (Wildman–Crippen MR) is 87.0 cm³/mol. The first-order valence-electron chi connectivity index (χ1n) is 7.01. The molecule has 120 valence electrons. The zero-order chi connectivity index (χ0) is 17.1. The largest absolute Gasteiger partial charge is 0.495 e. The summed E-state index contributed by atoms with van der Waals surface area (Å²) >= 11 is 0. The second-order valence-corrected chi connectivity index (χ2v) is 4.83. The van der Waals surface area contributed by atoms with E-state index in [0.29, 0.717) is 11.3 Å². The van der Waals surface area contributed by atoms with Crippen LogP contribution in [-0.2, 0) is 0 Å². The summed E-state index contributed by atoms with van der Waals surface area (Å²) in [5, 5.41) is 12.0. The molecule has 1 aromatic heterocycles. The van der Waals surface area contributed by atoms with Crippen molar-refractivity contribution >= 4 is 22.5 Å². The van der Waals surface area contributed by atoms with Gasteiger partial charge in [-0.3, -0.25) is 4.98 Å². The van der Waals surface area contributed by atoms with Crippen molar-refractivity contribution in [3.05, 3.63) is 47.9 Å². The zero-order valence-electron chi connectivity index (χ0n) is 13.0. The first-order valence-corrected chi connectivity index (χ1v) is 7.01. The van der Waals surface area contributed by atoms with Gasteiger partial charge in [-0.15, -0.1) is 0 Å². The SMILES string of the molecule is COc1cc(Nc2cnc3ccccc3n2)c(F)c(OC)c1C#N. The topological polar surface area (TPSA) is 80.1 Å². The molecule has 3 aromatic rings. The maximum atomic E-state index is 14.6. The fourth-order valence-corrected chi connectivity index (χ4v) is 2.32. The van der Waals surface area contributed by atoms with Crippen molar-refractivity contribution in [3.8, 4) is 17.6 Å². The highest BCUT2D eigenvalue weighted by molar-refractivity contribution is 5.76. The summed E-state index contributed by atoms with van der Waals surface area (Å²) in [7, 11) is 2.69. The van der Waals surface area contributed by atoms with Crippen molar-refractivity contribution in [1.82, 2.24) is 9.97 Å². The number of benzene rings is 2. The number of nitrogens with one attached hydrogen (secondary N) is 1. The van der Waals surface area contributed by atoms with Gasteiger partial charge in [0, 0.05) is 6.07 Å². The van der Waals surface area contributed by atoms with Crippen LogP contribution in [0.25, 0.3) is 11.0 Å². The van der Waals surface area contributed by atoms with E-state index in [1.54, 1.807) is 0 Å². The van der Waals surface area contributed by atoms with Crippen LogP contribution in [0.1, 0.15) is 5.56 Å². The van der Waals surface area contributed by atoms with Gasteiger partial charge in [0.25, 0.3) is 0 Å². The van der Waals surface area contributed by atoms with Crippen molar-refractivity contribution in [3.63, 3.8) is 0 Å². The van der Waals surface area contributed by atoms with Crippen molar-refractivity contribution in [2.75, 3.05) is 19.5 Å². The number of rotatable bonds is 4. The minimum absolute atomic E-state index is 0.00681. The number of nitrogens with zero attached hydrogens (tertiary/aromatic N) is 3. The molecule has 0 amide bonds. The van der Waals surface area contributed by atoms with Crippen molar-refractivity contribution in [2.24, 2.45) is 0 Å². The quantitative estimate of drug-likeness (QED) is 0.792. The van der Waals surface area contributed by atoms with Crippen LogP contribution >= 0.6 is 0 Å². The van der Waals surface area contributed by atoms with E-state index >= 15 is 0 Å². The number of anilines is 2. The molecule has 0 saturated carbocycles. The molecule has 1 heterocycles. The van der Waals surface area contributed by atoms with Gasteiger partial charge in [-0.2, -0.15) is 5.26 Å². The normalized spacial score (nSPS) is 10.2. The molecule has 0 spiro atoms. The van der Waals surface area contributed by atoms with Crippen LogP contribution < -0.4 is 14.8 Å². The smallest absolute Gasteiger partial charge is 0.190 e. The average Bonchev–Trinajstić information content (AvgIpc) is 2.62. The molecule has 24 heavy (non-hydrogen) atoms. The molecule has 0 atom stereocenters. The molecule has 6 nitrogen and oxygen atoms in total. The van der Waals surface area contributed by atoms with Gasteiger partial charge in [0.2, 0.25) is 0 Å². The predicted octanol–water partition coefficient (Wildman–Crippen LogP) is 3.40. The average molecular weight is 324 g/mol. The third kappa shape index (κ3) is 2.65. The van der Waals surface area contributed by atoms with Gasteiger partial charge < -0.3 is 14.8 Å². The number of para-hydroxylation sites is 2. The molecule has 0 unspecified atom stereocenters. The Hall–Kier alpha value is -3.40.